The predicted octanol–water partition coefficient (Wildman–Crippen LogP) is 4.77. The first-order chi connectivity index (χ1) is 18.1. The van der Waals surface area contributed by atoms with Crippen LogP contribution in [0.1, 0.15) is 71.1 Å². The molecule has 1 heterocycles. The summed E-state index contributed by atoms with van der Waals surface area (Å²) in [6.45, 7) is 7.70. The molecule has 0 amide bonds. The molecule has 0 bridgehead atoms. The molecule has 0 aromatic rings. The molecular weight excluding hydrogens is 503 g/mol. The van der Waals surface area contributed by atoms with Crippen molar-refractivity contribution in [1.82, 2.24) is 0 Å². The van der Waals surface area contributed by atoms with E-state index in [-0.39, 0.29) is 19.1 Å². The minimum atomic E-state index is -4.12. The maximum atomic E-state index is 12.3. The molecule has 1 aliphatic rings. The Labute approximate surface area is 224 Å². The van der Waals surface area contributed by atoms with E-state index >= 15 is 0 Å². The first-order valence-electron chi connectivity index (χ1n) is 14.2. The summed E-state index contributed by atoms with van der Waals surface area (Å²) < 4.78 is 55.8. The fraction of sp³-hybridized carbons (Fsp3) is 1.00. The second-order valence-electron chi connectivity index (χ2n) is 9.24. The van der Waals surface area contributed by atoms with Crippen molar-refractivity contribution < 1.29 is 46.9 Å². The van der Waals surface area contributed by atoms with E-state index in [9.17, 15) is 9.46 Å². The van der Waals surface area contributed by atoms with E-state index in [0.29, 0.717) is 79.3 Å². The summed E-state index contributed by atoms with van der Waals surface area (Å²) in [5.74, 6) is -0.227. The lowest BCUT2D eigenvalue weighted by Crippen LogP contribution is -2.24. The van der Waals surface area contributed by atoms with E-state index in [0.717, 1.165) is 19.3 Å². The second kappa shape index (κ2) is 26.1. The average Bonchev–Trinajstić information content (AvgIpc) is 2.88. The van der Waals surface area contributed by atoms with Crippen molar-refractivity contribution in [3.8, 4) is 0 Å². The van der Waals surface area contributed by atoms with Gasteiger partial charge in [0.2, 0.25) is 0 Å². The maximum absolute atomic E-state index is 12.3. The van der Waals surface area contributed by atoms with Gasteiger partial charge in [-0.05, 0) is 6.42 Å². The van der Waals surface area contributed by atoms with Crippen LogP contribution in [0.25, 0.3) is 0 Å². The van der Waals surface area contributed by atoms with E-state index in [1.165, 1.54) is 44.9 Å². The Bertz CT molecular complexity index is 506. The minimum absolute atomic E-state index is 0.00476. The highest BCUT2D eigenvalue weighted by Gasteiger charge is 2.23. The Morgan fingerprint density at radius 3 is 1.41 bits per heavy atom. The van der Waals surface area contributed by atoms with Crippen molar-refractivity contribution in [2.24, 2.45) is 5.92 Å². The molecule has 222 valence electrons. The van der Waals surface area contributed by atoms with Crippen molar-refractivity contribution in [3.63, 3.8) is 0 Å². The first-order valence-corrected chi connectivity index (χ1v) is 15.7. The molecule has 0 spiro atoms. The van der Waals surface area contributed by atoms with Gasteiger partial charge in [0.25, 0.3) is 0 Å². The standard InChI is InChI=1S/C26H53O10P/c1-2-3-4-5-6-7-8-9-10-11-12-35-37(27,28)36-25-26-23-33-21-19-31-17-15-29-13-14-30-16-18-32-20-22-34-24-26/h26H,2-25H2,1H3,(H,27,28). The zero-order valence-corrected chi connectivity index (χ0v) is 24.0. The number of unbranched alkanes of at least 4 members (excludes halogenated alkanes) is 9. The van der Waals surface area contributed by atoms with Gasteiger partial charge >= 0.3 is 7.82 Å². The summed E-state index contributed by atoms with van der Waals surface area (Å²) in [5, 5.41) is 0. The van der Waals surface area contributed by atoms with Crippen molar-refractivity contribution in [2.45, 2.75) is 71.1 Å². The van der Waals surface area contributed by atoms with Gasteiger partial charge in [0.15, 0.2) is 0 Å². The van der Waals surface area contributed by atoms with Crippen LogP contribution >= 0.6 is 7.82 Å². The summed E-state index contributed by atoms with van der Waals surface area (Å²) in [7, 11) is -4.12. The Morgan fingerprint density at radius 2 is 0.973 bits per heavy atom. The fourth-order valence-electron chi connectivity index (χ4n) is 3.65. The van der Waals surface area contributed by atoms with Gasteiger partial charge in [0, 0.05) is 5.92 Å². The van der Waals surface area contributed by atoms with Crippen LogP contribution < -0.4 is 0 Å². The summed E-state index contributed by atoms with van der Waals surface area (Å²) in [6.07, 6.45) is 11.9. The minimum Gasteiger partial charge on any atom is -0.379 e. The van der Waals surface area contributed by atoms with Crippen molar-refractivity contribution >= 4 is 7.82 Å². The van der Waals surface area contributed by atoms with Crippen molar-refractivity contribution in [2.75, 3.05) is 92.5 Å². The van der Waals surface area contributed by atoms with Crippen LogP contribution in [0.15, 0.2) is 0 Å². The van der Waals surface area contributed by atoms with E-state index in [2.05, 4.69) is 6.92 Å². The van der Waals surface area contributed by atoms with Crippen LogP contribution in [0.3, 0.4) is 0 Å². The van der Waals surface area contributed by atoms with Crippen LogP contribution in [-0.2, 0) is 42.0 Å². The second-order valence-corrected chi connectivity index (χ2v) is 10.7. The number of rotatable bonds is 15. The number of hydrogen-bond donors (Lipinski definition) is 1. The molecule has 1 N–H and O–H groups in total. The third kappa shape index (κ3) is 24.6. The molecule has 0 aliphatic carbocycles. The maximum Gasteiger partial charge on any atom is 0.472 e. The third-order valence-corrected chi connectivity index (χ3v) is 6.78. The van der Waals surface area contributed by atoms with Crippen LogP contribution in [0.2, 0.25) is 0 Å². The molecule has 11 heteroatoms. The molecule has 37 heavy (non-hydrogen) atoms. The lowest BCUT2D eigenvalue weighted by Gasteiger charge is -2.19. The summed E-state index contributed by atoms with van der Waals surface area (Å²) in [5.41, 5.74) is 0. The third-order valence-electron chi connectivity index (χ3n) is 5.79. The van der Waals surface area contributed by atoms with Gasteiger partial charge in [-0.2, -0.15) is 0 Å². The van der Waals surface area contributed by atoms with Gasteiger partial charge in [-0.3, -0.25) is 9.05 Å². The number of phosphoric ester groups is 1. The van der Waals surface area contributed by atoms with Crippen LogP contribution in [0.5, 0.6) is 0 Å². The highest BCUT2D eigenvalue weighted by molar-refractivity contribution is 7.47. The molecule has 1 saturated heterocycles. The summed E-state index contributed by atoms with van der Waals surface area (Å²) >= 11 is 0. The Balaban J connectivity index is 2.21. The largest absolute Gasteiger partial charge is 0.472 e. The zero-order valence-electron chi connectivity index (χ0n) is 23.1. The molecule has 1 atom stereocenters. The Morgan fingerprint density at radius 1 is 0.595 bits per heavy atom. The smallest absolute Gasteiger partial charge is 0.379 e. The van der Waals surface area contributed by atoms with Crippen LogP contribution in [0, 0.1) is 5.92 Å². The molecule has 1 fully saturated rings. The molecule has 0 saturated carbocycles. The molecule has 1 unspecified atom stereocenters. The van der Waals surface area contributed by atoms with E-state index in [4.69, 9.17) is 37.5 Å². The average molecular weight is 557 g/mol. The molecule has 0 radical (unpaired) electrons. The number of phosphoric acid groups is 1. The molecule has 1 aliphatic heterocycles. The Kier molecular flexibility index (Phi) is 24.6. The van der Waals surface area contributed by atoms with E-state index in [1.54, 1.807) is 0 Å². The number of ether oxygens (including phenoxy) is 6. The topological polar surface area (TPSA) is 111 Å². The van der Waals surface area contributed by atoms with E-state index in [1.807, 2.05) is 0 Å². The molecule has 1 rings (SSSR count). The van der Waals surface area contributed by atoms with Gasteiger partial charge in [0.1, 0.15) is 0 Å². The quantitative estimate of drug-likeness (QED) is 0.224. The van der Waals surface area contributed by atoms with Crippen molar-refractivity contribution in [1.29, 1.82) is 0 Å². The normalized spacial score (nSPS) is 20.5. The Hall–Kier alpha value is -0.130. The van der Waals surface area contributed by atoms with Gasteiger partial charge in [0.05, 0.1) is 92.5 Å². The lowest BCUT2D eigenvalue weighted by atomic mass is 10.1. The zero-order chi connectivity index (χ0) is 26.7. The molecule has 0 aromatic carbocycles. The summed E-state index contributed by atoms with van der Waals surface area (Å²) in [6, 6.07) is 0. The van der Waals surface area contributed by atoms with Gasteiger partial charge in [-0.15, -0.1) is 0 Å². The molecule has 0 aromatic heterocycles. The lowest BCUT2D eigenvalue weighted by molar-refractivity contribution is -0.0220. The van der Waals surface area contributed by atoms with Crippen molar-refractivity contribution in [3.05, 3.63) is 0 Å². The number of hydrogen-bond acceptors (Lipinski definition) is 9. The van der Waals surface area contributed by atoms with Gasteiger partial charge < -0.3 is 33.3 Å². The van der Waals surface area contributed by atoms with Gasteiger partial charge in [-0.25, -0.2) is 4.57 Å². The first kappa shape index (κ1) is 34.9. The fourth-order valence-corrected chi connectivity index (χ4v) is 4.48. The SMILES string of the molecule is CCCCCCCCCCCCOP(=O)(O)OCC1COCCOCCOCCOCCOCCOC1. The monoisotopic (exact) mass is 556 g/mol. The van der Waals surface area contributed by atoms with Gasteiger partial charge in [-0.1, -0.05) is 64.7 Å². The van der Waals surface area contributed by atoms with Crippen LogP contribution in [0.4, 0.5) is 0 Å². The predicted molar refractivity (Wildman–Crippen MR) is 142 cm³/mol. The summed E-state index contributed by atoms with van der Waals surface area (Å²) in [4.78, 5) is 10.1. The molecular formula is C26H53O10P. The van der Waals surface area contributed by atoms with Crippen LogP contribution in [-0.4, -0.2) is 97.4 Å². The van der Waals surface area contributed by atoms with E-state index < -0.39 is 7.82 Å². The highest BCUT2D eigenvalue weighted by Crippen LogP contribution is 2.43. The highest BCUT2D eigenvalue weighted by atomic mass is 31.2. The molecule has 10 nitrogen and oxygen atoms in total.